The molecule has 4 heteroatoms. The van der Waals surface area contributed by atoms with Crippen LogP contribution < -0.4 is 5.73 Å². The van der Waals surface area contributed by atoms with Gasteiger partial charge >= 0.3 is 0 Å². The van der Waals surface area contributed by atoms with Crippen molar-refractivity contribution in [3.8, 4) is 0 Å². The lowest BCUT2D eigenvalue weighted by molar-refractivity contribution is 0.00954. The van der Waals surface area contributed by atoms with Crippen LogP contribution in [0.15, 0.2) is 18.2 Å². The highest BCUT2D eigenvalue weighted by Crippen LogP contribution is 2.15. The average molecular weight is 249 g/mol. The van der Waals surface area contributed by atoms with Crippen molar-refractivity contribution in [2.24, 2.45) is 5.73 Å². The van der Waals surface area contributed by atoms with E-state index in [9.17, 15) is 0 Å². The molecule has 18 heavy (non-hydrogen) atoms. The van der Waals surface area contributed by atoms with Gasteiger partial charge in [-0.15, -0.1) is 0 Å². The van der Waals surface area contributed by atoms with Gasteiger partial charge in [-0.25, -0.2) is 0 Å². The molecule has 1 aromatic heterocycles. The Labute approximate surface area is 109 Å². The number of nitrogens with zero attached hydrogens (tertiary/aromatic N) is 2. The van der Waals surface area contributed by atoms with Crippen LogP contribution in [0.1, 0.15) is 24.2 Å². The SMILES string of the molecule is Cc1cccc(CN2CCC(OCCN)CC2)n1. The molecule has 0 radical (unpaired) electrons. The van der Waals surface area contributed by atoms with E-state index in [4.69, 9.17) is 10.5 Å². The molecule has 1 fully saturated rings. The highest BCUT2D eigenvalue weighted by atomic mass is 16.5. The van der Waals surface area contributed by atoms with Crippen LogP contribution in [0.3, 0.4) is 0 Å². The number of likely N-dealkylation sites (tertiary alicyclic amines) is 1. The summed E-state index contributed by atoms with van der Waals surface area (Å²) in [6, 6.07) is 6.22. The van der Waals surface area contributed by atoms with Crippen molar-refractivity contribution in [3.05, 3.63) is 29.6 Å². The number of nitrogens with two attached hydrogens (primary N) is 1. The molecule has 0 saturated carbocycles. The third-order valence-electron chi connectivity index (χ3n) is 3.34. The Hall–Kier alpha value is -0.970. The predicted molar refractivity (Wildman–Crippen MR) is 72.3 cm³/mol. The summed E-state index contributed by atoms with van der Waals surface area (Å²) in [7, 11) is 0. The van der Waals surface area contributed by atoms with Crippen LogP contribution in [0.25, 0.3) is 0 Å². The lowest BCUT2D eigenvalue weighted by Gasteiger charge is -2.31. The first-order valence-corrected chi connectivity index (χ1v) is 6.74. The van der Waals surface area contributed by atoms with Gasteiger partial charge in [-0.3, -0.25) is 9.88 Å². The molecule has 2 heterocycles. The maximum Gasteiger partial charge on any atom is 0.0600 e. The molecule has 100 valence electrons. The summed E-state index contributed by atoms with van der Waals surface area (Å²) in [5.74, 6) is 0. The second kappa shape index (κ2) is 6.83. The van der Waals surface area contributed by atoms with Crippen molar-refractivity contribution in [3.63, 3.8) is 0 Å². The van der Waals surface area contributed by atoms with Crippen LogP contribution in [0.5, 0.6) is 0 Å². The number of ether oxygens (including phenoxy) is 1. The zero-order valence-corrected chi connectivity index (χ0v) is 11.1. The van der Waals surface area contributed by atoms with Crippen molar-refractivity contribution >= 4 is 0 Å². The fourth-order valence-electron chi connectivity index (χ4n) is 2.39. The van der Waals surface area contributed by atoms with Crippen LogP contribution in [0, 0.1) is 6.92 Å². The Morgan fingerprint density at radius 2 is 2.17 bits per heavy atom. The summed E-state index contributed by atoms with van der Waals surface area (Å²) in [6.45, 7) is 6.47. The summed E-state index contributed by atoms with van der Waals surface area (Å²) in [5, 5.41) is 0. The van der Waals surface area contributed by atoms with Crippen molar-refractivity contribution in [2.75, 3.05) is 26.2 Å². The Bertz CT molecular complexity index is 362. The molecular weight excluding hydrogens is 226 g/mol. The minimum atomic E-state index is 0.398. The van der Waals surface area contributed by atoms with Crippen LogP contribution in [0.4, 0.5) is 0 Å². The van der Waals surface area contributed by atoms with Crippen LogP contribution in [0.2, 0.25) is 0 Å². The number of aromatic nitrogens is 1. The number of pyridine rings is 1. The van der Waals surface area contributed by atoms with Crippen molar-refractivity contribution in [1.82, 2.24) is 9.88 Å². The van der Waals surface area contributed by atoms with E-state index in [2.05, 4.69) is 22.0 Å². The summed E-state index contributed by atoms with van der Waals surface area (Å²) in [5.41, 5.74) is 7.70. The Morgan fingerprint density at radius 1 is 1.39 bits per heavy atom. The average Bonchev–Trinajstić information content (AvgIpc) is 2.38. The first kappa shape index (κ1) is 13.5. The van der Waals surface area contributed by atoms with Gasteiger partial charge in [0.25, 0.3) is 0 Å². The fourth-order valence-corrected chi connectivity index (χ4v) is 2.39. The topological polar surface area (TPSA) is 51.4 Å². The molecule has 0 atom stereocenters. The van der Waals surface area contributed by atoms with Crippen LogP contribution in [-0.2, 0) is 11.3 Å². The molecular formula is C14H23N3O. The van der Waals surface area contributed by atoms with E-state index >= 15 is 0 Å². The zero-order chi connectivity index (χ0) is 12.8. The van der Waals surface area contributed by atoms with Crippen LogP contribution in [-0.4, -0.2) is 42.2 Å². The lowest BCUT2D eigenvalue weighted by Crippen LogP contribution is -2.37. The van der Waals surface area contributed by atoms with E-state index < -0.39 is 0 Å². The monoisotopic (exact) mass is 249 g/mol. The molecule has 2 N–H and O–H groups in total. The Balaban J connectivity index is 1.76. The highest BCUT2D eigenvalue weighted by Gasteiger charge is 2.19. The van der Waals surface area contributed by atoms with Gasteiger partial charge in [0.2, 0.25) is 0 Å². The summed E-state index contributed by atoms with van der Waals surface area (Å²) in [6.07, 6.45) is 2.60. The lowest BCUT2D eigenvalue weighted by atomic mass is 10.1. The molecule has 1 saturated heterocycles. The first-order chi connectivity index (χ1) is 8.78. The summed E-state index contributed by atoms with van der Waals surface area (Å²) in [4.78, 5) is 6.99. The van der Waals surface area contributed by atoms with E-state index in [0.717, 1.165) is 43.9 Å². The normalized spacial score (nSPS) is 18.1. The minimum absolute atomic E-state index is 0.398. The number of hydrogen-bond acceptors (Lipinski definition) is 4. The third kappa shape index (κ3) is 4.05. The molecule has 0 spiro atoms. The third-order valence-corrected chi connectivity index (χ3v) is 3.34. The van der Waals surface area contributed by atoms with Gasteiger partial charge in [-0.1, -0.05) is 6.07 Å². The van der Waals surface area contributed by atoms with E-state index in [1.807, 2.05) is 13.0 Å². The number of aryl methyl sites for hydroxylation is 1. The van der Waals surface area contributed by atoms with Gasteiger partial charge in [-0.2, -0.15) is 0 Å². The van der Waals surface area contributed by atoms with Crippen molar-refractivity contribution in [1.29, 1.82) is 0 Å². The maximum atomic E-state index is 5.68. The molecule has 0 amide bonds. The first-order valence-electron chi connectivity index (χ1n) is 6.74. The van der Waals surface area contributed by atoms with Gasteiger partial charge in [0.1, 0.15) is 0 Å². The Kier molecular flexibility index (Phi) is 5.11. The summed E-state index contributed by atoms with van der Waals surface area (Å²) >= 11 is 0. The number of hydrogen-bond donors (Lipinski definition) is 1. The molecule has 1 aliphatic rings. The molecule has 2 rings (SSSR count). The molecule has 4 nitrogen and oxygen atoms in total. The quantitative estimate of drug-likeness (QED) is 0.855. The summed E-state index contributed by atoms with van der Waals surface area (Å²) < 4.78 is 5.68. The number of piperidine rings is 1. The maximum absolute atomic E-state index is 5.68. The smallest absolute Gasteiger partial charge is 0.0600 e. The largest absolute Gasteiger partial charge is 0.377 e. The van der Waals surface area contributed by atoms with Crippen LogP contribution >= 0.6 is 0 Å². The molecule has 1 aromatic rings. The van der Waals surface area contributed by atoms with Crippen molar-refractivity contribution in [2.45, 2.75) is 32.4 Å². The highest BCUT2D eigenvalue weighted by molar-refractivity contribution is 5.09. The minimum Gasteiger partial charge on any atom is -0.377 e. The standard InChI is InChI=1S/C14H23N3O/c1-12-3-2-4-13(16-12)11-17-8-5-14(6-9-17)18-10-7-15/h2-4,14H,5-11,15H2,1H3. The number of rotatable bonds is 5. The fraction of sp³-hybridized carbons (Fsp3) is 0.643. The Morgan fingerprint density at radius 3 is 2.83 bits per heavy atom. The van der Waals surface area contributed by atoms with Gasteiger partial charge in [0.15, 0.2) is 0 Å². The van der Waals surface area contributed by atoms with E-state index in [-0.39, 0.29) is 0 Å². The molecule has 0 bridgehead atoms. The second-order valence-electron chi connectivity index (χ2n) is 4.91. The zero-order valence-electron chi connectivity index (χ0n) is 11.1. The molecule has 0 unspecified atom stereocenters. The second-order valence-corrected chi connectivity index (χ2v) is 4.91. The predicted octanol–water partition coefficient (Wildman–Crippen LogP) is 1.33. The van der Waals surface area contributed by atoms with Crippen molar-refractivity contribution < 1.29 is 4.74 Å². The van der Waals surface area contributed by atoms with Gasteiger partial charge in [0.05, 0.1) is 18.4 Å². The van der Waals surface area contributed by atoms with E-state index in [1.165, 1.54) is 0 Å². The van der Waals surface area contributed by atoms with E-state index in [0.29, 0.717) is 19.3 Å². The van der Waals surface area contributed by atoms with Gasteiger partial charge in [-0.05, 0) is 31.9 Å². The van der Waals surface area contributed by atoms with Gasteiger partial charge in [0, 0.05) is 31.9 Å². The van der Waals surface area contributed by atoms with E-state index in [1.54, 1.807) is 0 Å². The van der Waals surface area contributed by atoms with Gasteiger partial charge < -0.3 is 10.5 Å². The molecule has 1 aliphatic heterocycles. The molecule has 0 aromatic carbocycles. The molecule has 0 aliphatic carbocycles.